The smallest absolute Gasteiger partial charge is 0.417 e. The van der Waals surface area contributed by atoms with Crippen LogP contribution in [-0.2, 0) is 20.5 Å². The maximum Gasteiger partial charge on any atom is 0.417 e. The second kappa shape index (κ2) is 9.42. The van der Waals surface area contributed by atoms with E-state index in [1.165, 1.54) is 13.0 Å². The average Bonchev–Trinajstić information content (AvgIpc) is 2.67. The minimum atomic E-state index is -4.68. The van der Waals surface area contributed by atoms with Gasteiger partial charge < -0.3 is 15.4 Å². The molecule has 0 unspecified atom stereocenters. The lowest BCUT2D eigenvalue weighted by atomic mass is 10.2. The van der Waals surface area contributed by atoms with Crippen LogP contribution in [0.25, 0.3) is 0 Å². The van der Waals surface area contributed by atoms with Gasteiger partial charge in [0, 0.05) is 11.3 Å². The third-order valence-corrected chi connectivity index (χ3v) is 3.97. The lowest BCUT2D eigenvalue weighted by molar-refractivity contribution is -0.148. The summed E-state index contributed by atoms with van der Waals surface area (Å²) in [6.07, 6.45) is -4.68. The number of hydrogen-bond acceptors (Lipinski definition) is 4. The summed E-state index contributed by atoms with van der Waals surface area (Å²) in [5.74, 6) is -2.23. The summed E-state index contributed by atoms with van der Waals surface area (Å²) in [5, 5.41) is 4.09. The summed E-state index contributed by atoms with van der Waals surface area (Å²) in [4.78, 5) is 35.7. The van der Waals surface area contributed by atoms with Crippen molar-refractivity contribution in [1.29, 1.82) is 0 Å². The molecule has 154 valence electrons. The van der Waals surface area contributed by atoms with Crippen molar-refractivity contribution < 1.29 is 32.3 Å². The Balaban J connectivity index is 1.87. The standard InChI is InChI=1S/C19H16ClF3N2O4/c1-11(24-17(27)12-5-3-2-4-6-12)18(28)29-10-16(26)25-13-7-8-15(20)14(9-13)19(21,22)23/h2-9,11H,10H2,1H3,(H,24,27)(H,25,26)/t11-/m1/s1. The largest absolute Gasteiger partial charge is 0.454 e. The minimum Gasteiger partial charge on any atom is -0.454 e. The molecule has 2 rings (SSSR count). The van der Waals surface area contributed by atoms with Crippen LogP contribution in [0.5, 0.6) is 0 Å². The SMILES string of the molecule is C[C@@H](NC(=O)c1ccccc1)C(=O)OCC(=O)Nc1ccc(Cl)c(C(F)(F)F)c1. The van der Waals surface area contributed by atoms with Crippen LogP contribution in [0.15, 0.2) is 48.5 Å². The third kappa shape index (κ3) is 6.49. The first-order valence-corrected chi connectivity index (χ1v) is 8.65. The number of ether oxygens (including phenoxy) is 1. The number of rotatable bonds is 6. The van der Waals surface area contributed by atoms with Crippen LogP contribution in [0, 0.1) is 0 Å². The van der Waals surface area contributed by atoms with E-state index in [0.717, 1.165) is 6.07 Å². The number of halogens is 4. The lowest BCUT2D eigenvalue weighted by Gasteiger charge is -2.14. The molecule has 10 heteroatoms. The Kier molecular flexibility index (Phi) is 7.22. The Morgan fingerprint density at radius 2 is 1.76 bits per heavy atom. The summed E-state index contributed by atoms with van der Waals surface area (Å²) in [5.41, 5.74) is -0.924. The molecule has 2 N–H and O–H groups in total. The number of alkyl halides is 3. The number of amides is 2. The fourth-order valence-corrected chi connectivity index (χ4v) is 2.43. The summed E-state index contributed by atoms with van der Waals surface area (Å²) in [7, 11) is 0. The number of nitrogens with one attached hydrogen (secondary N) is 2. The predicted molar refractivity (Wildman–Crippen MR) is 99.4 cm³/mol. The van der Waals surface area contributed by atoms with Gasteiger partial charge in [0.2, 0.25) is 0 Å². The van der Waals surface area contributed by atoms with E-state index in [1.807, 2.05) is 0 Å². The van der Waals surface area contributed by atoms with E-state index in [4.69, 9.17) is 16.3 Å². The molecular formula is C19H16ClF3N2O4. The van der Waals surface area contributed by atoms with E-state index in [0.29, 0.717) is 11.6 Å². The van der Waals surface area contributed by atoms with E-state index in [-0.39, 0.29) is 5.69 Å². The highest BCUT2D eigenvalue weighted by Crippen LogP contribution is 2.36. The second-order valence-corrected chi connectivity index (χ2v) is 6.32. The Bertz CT molecular complexity index is 904. The zero-order valence-corrected chi connectivity index (χ0v) is 15.8. The van der Waals surface area contributed by atoms with Gasteiger partial charge in [-0.15, -0.1) is 0 Å². The van der Waals surface area contributed by atoms with Crippen molar-refractivity contribution in [2.24, 2.45) is 0 Å². The highest BCUT2D eigenvalue weighted by Gasteiger charge is 2.33. The van der Waals surface area contributed by atoms with Crippen LogP contribution in [0.3, 0.4) is 0 Å². The van der Waals surface area contributed by atoms with Crippen LogP contribution in [0.2, 0.25) is 5.02 Å². The summed E-state index contributed by atoms with van der Waals surface area (Å²) >= 11 is 5.50. The van der Waals surface area contributed by atoms with Crippen LogP contribution in [0.1, 0.15) is 22.8 Å². The van der Waals surface area contributed by atoms with Gasteiger partial charge in [-0.05, 0) is 37.3 Å². The molecule has 0 heterocycles. The summed E-state index contributed by atoms with van der Waals surface area (Å²) in [6, 6.07) is 9.96. The van der Waals surface area contributed by atoms with Gasteiger partial charge >= 0.3 is 12.1 Å². The van der Waals surface area contributed by atoms with Crippen molar-refractivity contribution in [3.63, 3.8) is 0 Å². The van der Waals surface area contributed by atoms with Crippen LogP contribution in [0.4, 0.5) is 18.9 Å². The van der Waals surface area contributed by atoms with Crippen molar-refractivity contribution in [2.45, 2.75) is 19.1 Å². The average molecular weight is 429 g/mol. The number of benzene rings is 2. The molecule has 0 aromatic heterocycles. The van der Waals surface area contributed by atoms with Crippen molar-refractivity contribution in [3.05, 3.63) is 64.7 Å². The summed E-state index contributed by atoms with van der Waals surface area (Å²) in [6.45, 7) is 0.629. The molecule has 2 amide bonds. The molecular weight excluding hydrogens is 413 g/mol. The molecule has 0 radical (unpaired) electrons. The minimum absolute atomic E-state index is 0.159. The van der Waals surface area contributed by atoms with Crippen molar-refractivity contribution in [3.8, 4) is 0 Å². The molecule has 1 atom stereocenters. The van der Waals surface area contributed by atoms with Gasteiger partial charge in [0.1, 0.15) is 6.04 Å². The number of esters is 1. The first-order valence-electron chi connectivity index (χ1n) is 8.27. The molecule has 0 fully saturated rings. The molecule has 29 heavy (non-hydrogen) atoms. The van der Waals surface area contributed by atoms with Gasteiger partial charge in [0.15, 0.2) is 6.61 Å². The molecule has 0 aliphatic heterocycles. The number of carbonyl (C=O) groups is 3. The fraction of sp³-hybridized carbons (Fsp3) is 0.211. The van der Waals surface area contributed by atoms with Gasteiger partial charge in [0.25, 0.3) is 11.8 Å². The van der Waals surface area contributed by atoms with Gasteiger partial charge in [-0.2, -0.15) is 13.2 Å². The van der Waals surface area contributed by atoms with E-state index in [1.54, 1.807) is 30.3 Å². The molecule has 0 bridgehead atoms. The highest BCUT2D eigenvalue weighted by molar-refractivity contribution is 6.31. The normalized spacial score (nSPS) is 12.0. The number of anilines is 1. The highest BCUT2D eigenvalue weighted by atomic mass is 35.5. The molecule has 2 aromatic rings. The number of carbonyl (C=O) groups excluding carboxylic acids is 3. The topological polar surface area (TPSA) is 84.5 Å². The van der Waals surface area contributed by atoms with Crippen LogP contribution in [-0.4, -0.2) is 30.4 Å². The van der Waals surface area contributed by atoms with Gasteiger partial charge in [0.05, 0.1) is 10.6 Å². The Morgan fingerprint density at radius 3 is 2.38 bits per heavy atom. The lowest BCUT2D eigenvalue weighted by Crippen LogP contribution is -2.40. The molecule has 2 aromatic carbocycles. The first kappa shape index (κ1) is 22.2. The van der Waals surface area contributed by atoms with E-state index in [2.05, 4.69) is 10.6 Å². The molecule has 0 spiro atoms. The molecule has 0 aliphatic rings. The van der Waals surface area contributed by atoms with E-state index < -0.39 is 47.2 Å². The quantitative estimate of drug-likeness (QED) is 0.688. The zero-order chi connectivity index (χ0) is 21.6. The Hall–Kier alpha value is -3.07. The van der Waals surface area contributed by atoms with Crippen LogP contribution >= 0.6 is 11.6 Å². The summed E-state index contributed by atoms with van der Waals surface area (Å²) < 4.78 is 43.3. The molecule has 0 saturated carbocycles. The molecule has 6 nitrogen and oxygen atoms in total. The monoisotopic (exact) mass is 428 g/mol. The maximum atomic E-state index is 12.8. The van der Waals surface area contributed by atoms with E-state index in [9.17, 15) is 27.6 Å². The predicted octanol–water partition coefficient (Wildman–Crippen LogP) is 3.66. The molecule has 0 saturated heterocycles. The van der Waals surface area contributed by atoms with E-state index >= 15 is 0 Å². The van der Waals surface area contributed by atoms with Crippen molar-refractivity contribution >= 4 is 35.1 Å². The first-order chi connectivity index (χ1) is 13.6. The Morgan fingerprint density at radius 1 is 1.10 bits per heavy atom. The number of hydrogen-bond donors (Lipinski definition) is 2. The maximum absolute atomic E-state index is 12.8. The van der Waals surface area contributed by atoms with Gasteiger partial charge in [-0.1, -0.05) is 29.8 Å². The fourth-order valence-electron chi connectivity index (χ4n) is 2.21. The van der Waals surface area contributed by atoms with Gasteiger partial charge in [-0.25, -0.2) is 4.79 Å². The van der Waals surface area contributed by atoms with Crippen LogP contribution < -0.4 is 10.6 Å². The Labute approximate surface area is 169 Å². The third-order valence-electron chi connectivity index (χ3n) is 3.64. The zero-order valence-electron chi connectivity index (χ0n) is 15.0. The van der Waals surface area contributed by atoms with Crippen molar-refractivity contribution in [1.82, 2.24) is 5.32 Å². The van der Waals surface area contributed by atoms with Gasteiger partial charge in [-0.3, -0.25) is 9.59 Å². The van der Waals surface area contributed by atoms with Crippen molar-refractivity contribution in [2.75, 3.05) is 11.9 Å². The second-order valence-electron chi connectivity index (χ2n) is 5.91. The molecule has 0 aliphatic carbocycles.